The monoisotopic (exact) mass is 484 g/mol. The molecule has 0 bridgehead atoms. The summed E-state index contributed by atoms with van der Waals surface area (Å²) in [6.07, 6.45) is 4.86. The van der Waals surface area contributed by atoms with Crippen LogP contribution in [0.4, 0.5) is 10.6 Å². The molecule has 3 heterocycles. The van der Waals surface area contributed by atoms with E-state index in [0.717, 1.165) is 22.6 Å². The second kappa shape index (κ2) is 10.5. The third-order valence-corrected chi connectivity index (χ3v) is 6.26. The zero-order valence-corrected chi connectivity index (χ0v) is 20.1. The number of aromatic nitrogens is 3. The van der Waals surface area contributed by atoms with Crippen molar-refractivity contribution in [2.24, 2.45) is 0 Å². The van der Waals surface area contributed by atoms with Crippen molar-refractivity contribution in [3.63, 3.8) is 0 Å². The van der Waals surface area contributed by atoms with Gasteiger partial charge in [0.2, 0.25) is 5.91 Å². The first-order valence-electron chi connectivity index (χ1n) is 12.0. The predicted octanol–water partition coefficient (Wildman–Crippen LogP) is 3.68. The molecule has 1 unspecified atom stereocenters. The fourth-order valence-corrected chi connectivity index (χ4v) is 4.30. The maximum atomic E-state index is 13.3. The molecule has 36 heavy (non-hydrogen) atoms. The fraction of sp³-hybridized carbons (Fsp3) is 0.259. The number of hydrogen-bond donors (Lipinski definition) is 1. The number of rotatable bonds is 6. The number of benzene rings is 2. The average molecular weight is 485 g/mol. The first-order chi connectivity index (χ1) is 17.6. The summed E-state index contributed by atoms with van der Waals surface area (Å²) >= 11 is 0. The van der Waals surface area contributed by atoms with E-state index < -0.39 is 6.04 Å². The molecule has 1 fully saturated rings. The van der Waals surface area contributed by atoms with Crippen molar-refractivity contribution in [1.29, 1.82) is 0 Å². The summed E-state index contributed by atoms with van der Waals surface area (Å²) in [5.74, 6) is 0.706. The third kappa shape index (κ3) is 5.00. The molecule has 2 aromatic carbocycles. The van der Waals surface area contributed by atoms with Crippen molar-refractivity contribution in [2.45, 2.75) is 19.6 Å². The molecule has 1 atom stereocenters. The van der Waals surface area contributed by atoms with Gasteiger partial charge in [0.15, 0.2) is 5.65 Å². The van der Waals surface area contributed by atoms with E-state index >= 15 is 0 Å². The summed E-state index contributed by atoms with van der Waals surface area (Å²) in [7, 11) is 0. The van der Waals surface area contributed by atoms with Gasteiger partial charge in [0.05, 0.1) is 6.20 Å². The maximum absolute atomic E-state index is 13.3. The minimum Gasteiger partial charge on any atom is -0.445 e. The summed E-state index contributed by atoms with van der Waals surface area (Å²) in [6.45, 7) is 3.85. The van der Waals surface area contributed by atoms with Crippen LogP contribution in [0.15, 0.2) is 79.3 Å². The Kier molecular flexibility index (Phi) is 6.79. The van der Waals surface area contributed by atoms with Gasteiger partial charge in [0.1, 0.15) is 24.2 Å². The van der Waals surface area contributed by atoms with Gasteiger partial charge in [-0.25, -0.2) is 9.78 Å². The van der Waals surface area contributed by atoms with Gasteiger partial charge in [0, 0.05) is 44.1 Å². The van der Waals surface area contributed by atoms with Crippen molar-refractivity contribution >= 4 is 23.5 Å². The quantitative estimate of drug-likeness (QED) is 0.449. The molecule has 1 saturated heterocycles. The summed E-state index contributed by atoms with van der Waals surface area (Å²) in [6, 6.07) is 18.9. The SMILES string of the molecule is CC(Nc1c(-c2ccccc2)nc2cnccn12)C(=O)N1CCN(C(=O)OCc2ccccc2)CC1. The van der Waals surface area contributed by atoms with E-state index in [2.05, 4.69) is 10.3 Å². The highest BCUT2D eigenvalue weighted by atomic mass is 16.6. The minimum absolute atomic E-state index is 0.0321. The number of carbonyl (C=O) groups is 2. The molecule has 1 aliphatic rings. The summed E-state index contributed by atoms with van der Waals surface area (Å²) in [5.41, 5.74) is 3.35. The Bertz CT molecular complexity index is 1330. The molecule has 1 N–H and O–H groups in total. The molecule has 2 aromatic heterocycles. The van der Waals surface area contributed by atoms with Gasteiger partial charge in [0.25, 0.3) is 0 Å². The van der Waals surface area contributed by atoms with E-state index in [1.807, 2.05) is 78.2 Å². The van der Waals surface area contributed by atoms with E-state index in [0.29, 0.717) is 31.8 Å². The van der Waals surface area contributed by atoms with Crippen LogP contribution in [0.3, 0.4) is 0 Å². The first-order valence-corrected chi connectivity index (χ1v) is 12.0. The number of ether oxygens (including phenoxy) is 1. The lowest BCUT2D eigenvalue weighted by Crippen LogP contribution is -2.53. The van der Waals surface area contributed by atoms with Crippen LogP contribution in [0, 0.1) is 0 Å². The van der Waals surface area contributed by atoms with E-state index in [1.54, 1.807) is 22.2 Å². The zero-order chi connectivity index (χ0) is 24.9. The van der Waals surface area contributed by atoms with Crippen LogP contribution in [0.2, 0.25) is 0 Å². The largest absolute Gasteiger partial charge is 0.445 e. The summed E-state index contributed by atoms with van der Waals surface area (Å²) < 4.78 is 7.34. The number of fused-ring (bicyclic) bond motifs is 1. The van der Waals surface area contributed by atoms with Gasteiger partial charge in [-0.2, -0.15) is 0 Å². The molecule has 9 heteroatoms. The highest BCUT2D eigenvalue weighted by Crippen LogP contribution is 2.29. The van der Waals surface area contributed by atoms with E-state index in [9.17, 15) is 9.59 Å². The first kappa shape index (κ1) is 23.3. The van der Waals surface area contributed by atoms with Gasteiger partial charge in [-0.1, -0.05) is 60.7 Å². The highest BCUT2D eigenvalue weighted by molar-refractivity contribution is 5.86. The fourth-order valence-electron chi connectivity index (χ4n) is 4.30. The Morgan fingerprint density at radius 3 is 2.36 bits per heavy atom. The maximum Gasteiger partial charge on any atom is 0.410 e. The van der Waals surface area contributed by atoms with Gasteiger partial charge in [-0.15, -0.1) is 0 Å². The highest BCUT2D eigenvalue weighted by Gasteiger charge is 2.28. The number of piperazine rings is 1. The van der Waals surface area contributed by atoms with Crippen molar-refractivity contribution in [3.05, 3.63) is 84.8 Å². The Labute approximate surface area is 209 Å². The van der Waals surface area contributed by atoms with Crippen molar-refractivity contribution in [3.8, 4) is 11.3 Å². The lowest BCUT2D eigenvalue weighted by atomic mass is 10.1. The van der Waals surface area contributed by atoms with Crippen LogP contribution in [-0.4, -0.2) is 68.4 Å². The van der Waals surface area contributed by atoms with E-state index in [4.69, 9.17) is 9.72 Å². The van der Waals surface area contributed by atoms with Crippen molar-refractivity contribution in [1.82, 2.24) is 24.2 Å². The van der Waals surface area contributed by atoms with Crippen LogP contribution >= 0.6 is 0 Å². The Hall–Kier alpha value is -4.40. The summed E-state index contributed by atoms with van der Waals surface area (Å²) in [5, 5.41) is 3.38. The smallest absolute Gasteiger partial charge is 0.410 e. The van der Waals surface area contributed by atoms with Crippen LogP contribution < -0.4 is 5.32 Å². The number of anilines is 1. The van der Waals surface area contributed by atoms with Crippen LogP contribution in [-0.2, 0) is 16.1 Å². The molecule has 0 saturated carbocycles. The molecule has 0 spiro atoms. The third-order valence-electron chi connectivity index (χ3n) is 6.26. The molecule has 5 rings (SSSR count). The number of carbonyl (C=O) groups excluding carboxylic acids is 2. The van der Waals surface area contributed by atoms with Gasteiger partial charge >= 0.3 is 6.09 Å². The van der Waals surface area contributed by atoms with Gasteiger partial charge in [-0.3, -0.25) is 14.2 Å². The zero-order valence-electron chi connectivity index (χ0n) is 20.1. The molecule has 4 aromatic rings. The van der Waals surface area contributed by atoms with E-state index in [1.165, 1.54) is 0 Å². The van der Waals surface area contributed by atoms with Gasteiger partial charge in [-0.05, 0) is 12.5 Å². The summed E-state index contributed by atoms with van der Waals surface area (Å²) in [4.78, 5) is 38.1. The van der Waals surface area contributed by atoms with Crippen LogP contribution in [0.5, 0.6) is 0 Å². The van der Waals surface area contributed by atoms with Crippen molar-refractivity contribution < 1.29 is 14.3 Å². The Balaban J connectivity index is 1.22. The van der Waals surface area contributed by atoms with Crippen LogP contribution in [0.25, 0.3) is 16.9 Å². The lowest BCUT2D eigenvalue weighted by Gasteiger charge is -2.35. The molecule has 2 amide bonds. The number of amides is 2. The topological polar surface area (TPSA) is 92.1 Å². The number of hydrogen-bond acceptors (Lipinski definition) is 6. The molecule has 9 nitrogen and oxygen atoms in total. The lowest BCUT2D eigenvalue weighted by molar-refractivity contribution is -0.133. The minimum atomic E-state index is -0.489. The van der Waals surface area contributed by atoms with E-state index in [-0.39, 0.29) is 18.6 Å². The molecule has 0 aliphatic carbocycles. The second-order valence-corrected chi connectivity index (χ2v) is 8.70. The normalized spacial score (nSPS) is 14.5. The molecule has 0 radical (unpaired) electrons. The molecule has 1 aliphatic heterocycles. The Morgan fingerprint density at radius 2 is 1.64 bits per heavy atom. The predicted molar refractivity (Wildman–Crippen MR) is 136 cm³/mol. The molecular weight excluding hydrogens is 456 g/mol. The van der Waals surface area contributed by atoms with Crippen molar-refractivity contribution in [2.75, 3.05) is 31.5 Å². The number of imidazole rings is 1. The number of nitrogens with one attached hydrogen (secondary N) is 1. The van der Waals surface area contributed by atoms with Crippen LogP contribution in [0.1, 0.15) is 12.5 Å². The molecular formula is C27H28N6O3. The standard InChI is InChI=1S/C27H28N6O3/c1-20(29-25-24(22-10-6-3-7-11-22)30-23-18-28-12-13-33(23)25)26(34)31-14-16-32(17-15-31)27(35)36-19-21-8-4-2-5-9-21/h2-13,18,20,29H,14-17,19H2,1H3. The molecule has 184 valence electrons. The number of nitrogens with zero attached hydrogens (tertiary/aromatic N) is 5. The average Bonchev–Trinajstić information content (AvgIpc) is 3.30. The second-order valence-electron chi connectivity index (χ2n) is 8.70. The van der Waals surface area contributed by atoms with Gasteiger partial charge < -0.3 is 19.9 Å². The Morgan fingerprint density at radius 1 is 0.972 bits per heavy atom.